The second-order valence-corrected chi connectivity index (χ2v) is 6.40. The number of amides is 2. The number of likely N-dealkylation sites (tertiary alicyclic amines) is 1. The van der Waals surface area contributed by atoms with Crippen molar-refractivity contribution in [1.29, 1.82) is 0 Å². The van der Waals surface area contributed by atoms with Gasteiger partial charge in [0, 0.05) is 37.0 Å². The fourth-order valence-corrected chi connectivity index (χ4v) is 2.90. The summed E-state index contributed by atoms with van der Waals surface area (Å²) in [4.78, 5) is 26.4. The summed E-state index contributed by atoms with van der Waals surface area (Å²) in [6.07, 6.45) is 2.05. The molecule has 0 aliphatic carbocycles. The highest BCUT2D eigenvalue weighted by atomic mass is 35.5. The number of nitrogens with one attached hydrogen (secondary N) is 2. The van der Waals surface area contributed by atoms with E-state index < -0.39 is 0 Å². The lowest BCUT2D eigenvalue weighted by Crippen LogP contribution is -2.39. The van der Waals surface area contributed by atoms with Gasteiger partial charge in [0.05, 0.1) is 18.7 Å². The molecule has 1 atom stereocenters. The molecule has 7 heteroatoms. The van der Waals surface area contributed by atoms with E-state index in [4.69, 9.17) is 16.3 Å². The molecule has 2 N–H and O–H groups in total. The van der Waals surface area contributed by atoms with Crippen molar-refractivity contribution in [2.45, 2.75) is 25.8 Å². The molecule has 1 saturated heterocycles. The van der Waals surface area contributed by atoms with Gasteiger partial charge in [-0.1, -0.05) is 11.6 Å². The van der Waals surface area contributed by atoms with Gasteiger partial charge in [-0.2, -0.15) is 0 Å². The summed E-state index contributed by atoms with van der Waals surface area (Å²) in [7, 11) is 1.59. The number of carbonyl (C=O) groups is 2. The second kappa shape index (κ2) is 8.89. The number of anilines is 1. The van der Waals surface area contributed by atoms with E-state index >= 15 is 0 Å². The molecule has 1 heterocycles. The van der Waals surface area contributed by atoms with Crippen molar-refractivity contribution in [3.8, 4) is 0 Å². The largest absolute Gasteiger partial charge is 0.383 e. The van der Waals surface area contributed by atoms with Gasteiger partial charge in [-0.15, -0.1) is 0 Å². The summed E-state index contributed by atoms with van der Waals surface area (Å²) in [5.41, 5.74) is 1.12. The number of hydrogen-bond donors (Lipinski definition) is 2. The zero-order valence-electron chi connectivity index (χ0n) is 14.1. The first-order valence-electron chi connectivity index (χ1n) is 8.12. The molecule has 0 saturated carbocycles. The Kier molecular flexibility index (Phi) is 6.87. The van der Waals surface area contributed by atoms with E-state index in [0.717, 1.165) is 25.9 Å². The predicted molar refractivity (Wildman–Crippen MR) is 94.6 cm³/mol. The molecular weight excluding hydrogens is 330 g/mol. The summed E-state index contributed by atoms with van der Waals surface area (Å²) in [5, 5.41) is 6.35. The topological polar surface area (TPSA) is 70.7 Å². The van der Waals surface area contributed by atoms with Gasteiger partial charge >= 0.3 is 0 Å². The van der Waals surface area contributed by atoms with Crippen LogP contribution in [0.4, 0.5) is 5.69 Å². The zero-order valence-corrected chi connectivity index (χ0v) is 14.9. The van der Waals surface area contributed by atoms with E-state index in [1.54, 1.807) is 25.3 Å². The molecular formula is C17H24ClN3O3. The minimum Gasteiger partial charge on any atom is -0.383 e. The molecule has 1 aliphatic rings. The van der Waals surface area contributed by atoms with E-state index in [2.05, 4.69) is 10.6 Å². The van der Waals surface area contributed by atoms with Crippen LogP contribution >= 0.6 is 11.6 Å². The van der Waals surface area contributed by atoms with Gasteiger partial charge in [0.1, 0.15) is 0 Å². The fraction of sp³-hybridized carbons (Fsp3) is 0.529. The number of nitrogens with zero attached hydrogens (tertiary/aromatic N) is 1. The summed E-state index contributed by atoms with van der Waals surface area (Å²) in [5.74, 6) is -0.209. The lowest BCUT2D eigenvalue weighted by atomic mass is 10.1. The van der Waals surface area contributed by atoms with Crippen LogP contribution < -0.4 is 10.6 Å². The molecule has 0 aromatic heterocycles. The standard InChI is InChI=1S/C17H24ClN3O3/c1-12(11-24-2)20-16(22)10-19-15-6-5-13(18)9-14(15)17(23)21-7-3-4-8-21/h5-6,9,12,19H,3-4,7-8,10-11H2,1-2H3,(H,20,22). The van der Waals surface area contributed by atoms with Crippen LogP contribution in [-0.2, 0) is 9.53 Å². The molecule has 6 nitrogen and oxygen atoms in total. The monoisotopic (exact) mass is 353 g/mol. The third-order valence-corrected chi connectivity index (χ3v) is 4.10. The van der Waals surface area contributed by atoms with Crippen molar-refractivity contribution < 1.29 is 14.3 Å². The Morgan fingerprint density at radius 2 is 2.04 bits per heavy atom. The SMILES string of the molecule is COCC(C)NC(=O)CNc1ccc(Cl)cc1C(=O)N1CCCC1. The van der Waals surface area contributed by atoms with Crippen molar-refractivity contribution in [2.24, 2.45) is 0 Å². The minimum absolute atomic E-state index is 0.0503. The van der Waals surface area contributed by atoms with Crippen LogP contribution in [0, 0.1) is 0 Å². The smallest absolute Gasteiger partial charge is 0.256 e. The van der Waals surface area contributed by atoms with Crippen LogP contribution in [0.25, 0.3) is 0 Å². The molecule has 1 aromatic carbocycles. The number of benzene rings is 1. The highest BCUT2D eigenvalue weighted by molar-refractivity contribution is 6.31. The first kappa shape index (κ1) is 18.5. The average molecular weight is 354 g/mol. The first-order chi connectivity index (χ1) is 11.5. The third kappa shape index (κ3) is 5.11. The van der Waals surface area contributed by atoms with E-state index in [9.17, 15) is 9.59 Å². The summed E-state index contributed by atoms with van der Waals surface area (Å²) >= 11 is 6.04. The van der Waals surface area contributed by atoms with Gasteiger partial charge in [-0.25, -0.2) is 0 Å². The second-order valence-electron chi connectivity index (χ2n) is 5.97. The maximum absolute atomic E-state index is 12.6. The quantitative estimate of drug-likeness (QED) is 0.788. The van der Waals surface area contributed by atoms with Crippen LogP contribution in [0.1, 0.15) is 30.1 Å². The minimum atomic E-state index is -0.158. The predicted octanol–water partition coefficient (Wildman–Crippen LogP) is 2.14. The first-order valence-corrected chi connectivity index (χ1v) is 8.50. The molecule has 1 unspecified atom stereocenters. The van der Waals surface area contributed by atoms with E-state index in [0.29, 0.717) is 22.9 Å². The van der Waals surface area contributed by atoms with Gasteiger partial charge < -0.3 is 20.3 Å². The molecule has 0 bridgehead atoms. The van der Waals surface area contributed by atoms with Crippen molar-refractivity contribution >= 4 is 29.1 Å². The third-order valence-electron chi connectivity index (χ3n) is 3.87. The lowest BCUT2D eigenvalue weighted by molar-refractivity contribution is -0.120. The Morgan fingerprint density at radius 1 is 1.33 bits per heavy atom. The Bertz CT molecular complexity index is 588. The number of carbonyl (C=O) groups excluding carboxylic acids is 2. The normalized spacial score (nSPS) is 15.2. The van der Waals surface area contributed by atoms with Gasteiger partial charge in [-0.3, -0.25) is 9.59 Å². The zero-order chi connectivity index (χ0) is 17.5. The number of ether oxygens (including phenoxy) is 1. The Morgan fingerprint density at radius 3 is 2.71 bits per heavy atom. The number of halogens is 1. The highest BCUT2D eigenvalue weighted by Gasteiger charge is 2.22. The van der Waals surface area contributed by atoms with Gasteiger partial charge in [0.25, 0.3) is 5.91 Å². The van der Waals surface area contributed by atoms with Gasteiger partial charge in [0.15, 0.2) is 0 Å². The maximum atomic E-state index is 12.6. The molecule has 1 fully saturated rings. The van der Waals surface area contributed by atoms with E-state index in [-0.39, 0.29) is 24.4 Å². The van der Waals surface area contributed by atoms with E-state index in [1.807, 2.05) is 11.8 Å². The number of hydrogen-bond acceptors (Lipinski definition) is 4. The Balaban J connectivity index is 2.01. The van der Waals surface area contributed by atoms with Gasteiger partial charge in [0.2, 0.25) is 5.91 Å². The highest BCUT2D eigenvalue weighted by Crippen LogP contribution is 2.23. The van der Waals surface area contributed by atoms with Gasteiger partial charge in [-0.05, 0) is 38.0 Å². The molecule has 1 aromatic rings. The van der Waals surface area contributed by atoms with Crippen LogP contribution in [0.2, 0.25) is 5.02 Å². The van der Waals surface area contributed by atoms with Crippen molar-refractivity contribution in [2.75, 3.05) is 38.7 Å². The lowest BCUT2D eigenvalue weighted by Gasteiger charge is -2.19. The molecule has 2 amide bonds. The van der Waals surface area contributed by atoms with Crippen molar-refractivity contribution in [1.82, 2.24) is 10.2 Å². The molecule has 1 aliphatic heterocycles. The molecule has 2 rings (SSSR count). The van der Waals surface area contributed by atoms with Crippen LogP contribution in [0.3, 0.4) is 0 Å². The maximum Gasteiger partial charge on any atom is 0.256 e. The van der Waals surface area contributed by atoms with Crippen LogP contribution in [0.15, 0.2) is 18.2 Å². The molecule has 0 spiro atoms. The summed E-state index contributed by atoms with van der Waals surface area (Å²) in [6.45, 7) is 3.92. The van der Waals surface area contributed by atoms with Crippen LogP contribution in [-0.4, -0.2) is 56.1 Å². The van der Waals surface area contributed by atoms with Crippen LogP contribution in [0.5, 0.6) is 0 Å². The number of methoxy groups -OCH3 is 1. The summed E-state index contributed by atoms with van der Waals surface area (Å²) < 4.78 is 4.99. The number of rotatable bonds is 7. The Labute approximate surface area is 147 Å². The average Bonchev–Trinajstić information content (AvgIpc) is 3.07. The van der Waals surface area contributed by atoms with Crippen molar-refractivity contribution in [3.63, 3.8) is 0 Å². The molecule has 132 valence electrons. The summed E-state index contributed by atoms with van der Waals surface area (Å²) in [6, 6.07) is 5.02. The van der Waals surface area contributed by atoms with E-state index in [1.165, 1.54) is 0 Å². The van der Waals surface area contributed by atoms with Crippen molar-refractivity contribution in [3.05, 3.63) is 28.8 Å². The molecule has 0 radical (unpaired) electrons. The molecule has 24 heavy (non-hydrogen) atoms. The fourth-order valence-electron chi connectivity index (χ4n) is 2.73. The Hall–Kier alpha value is -1.79.